The first kappa shape index (κ1) is 11.0. The molecule has 0 atom stereocenters. The second-order valence-corrected chi connectivity index (χ2v) is 4.42. The van der Waals surface area contributed by atoms with Gasteiger partial charge >= 0.3 is 0 Å². The maximum absolute atomic E-state index is 5.89. The summed E-state index contributed by atoms with van der Waals surface area (Å²) in [5.41, 5.74) is 7.81. The molecule has 4 heteroatoms. The average Bonchev–Trinajstić information content (AvgIpc) is 2.80. The lowest BCUT2D eigenvalue weighted by atomic mass is 10.1. The van der Waals surface area contributed by atoms with Crippen LogP contribution in [0, 0.1) is 0 Å². The number of hydrogen-bond acceptors (Lipinski definition) is 4. The van der Waals surface area contributed by atoms with Gasteiger partial charge in [-0.15, -0.1) is 11.3 Å². The van der Waals surface area contributed by atoms with Gasteiger partial charge in [0.1, 0.15) is 17.4 Å². The lowest BCUT2D eigenvalue weighted by Crippen LogP contribution is -1.99. The SMILES string of the molecule is CCc1ccc(OCc2nccs2)c(N)c1. The molecule has 0 spiro atoms. The fourth-order valence-electron chi connectivity index (χ4n) is 1.41. The molecule has 1 aromatic carbocycles. The third kappa shape index (κ3) is 2.52. The molecular weight excluding hydrogens is 220 g/mol. The number of nitrogens with zero attached hydrogens (tertiary/aromatic N) is 1. The number of hydrogen-bond donors (Lipinski definition) is 1. The topological polar surface area (TPSA) is 48.1 Å². The molecule has 2 aromatic rings. The van der Waals surface area contributed by atoms with Crippen molar-refractivity contribution in [1.29, 1.82) is 0 Å². The standard InChI is InChI=1S/C12H14N2OS/c1-2-9-3-4-11(10(13)7-9)15-8-12-14-5-6-16-12/h3-7H,2,8,13H2,1H3. The van der Waals surface area contributed by atoms with Crippen LogP contribution in [0.25, 0.3) is 0 Å². The molecule has 0 saturated heterocycles. The zero-order valence-electron chi connectivity index (χ0n) is 9.14. The monoisotopic (exact) mass is 234 g/mol. The van der Waals surface area contributed by atoms with Gasteiger partial charge in [0, 0.05) is 11.6 Å². The Bertz CT molecular complexity index is 454. The zero-order valence-corrected chi connectivity index (χ0v) is 9.96. The fourth-order valence-corrected chi connectivity index (χ4v) is 1.94. The summed E-state index contributed by atoms with van der Waals surface area (Å²) >= 11 is 1.58. The van der Waals surface area contributed by atoms with Gasteiger partial charge in [-0.05, 0) is 24.1 Å². The van der Waals surface area contributed by atoms with Crippen LogP contribution in [0.2, 0.25) is 0 Å². The molecule has 0 aliphatic rings. The lowest BCUT2D eigenvalue weighted by Gasteiger charge is -2.08. The number of nitrogens with two attached hydrogens (primary N) is 1. The molecule has 0 radical (unpaired) electrons. The van der Waals surface area contributed by atoms with Crippen LogP contribution in [0.4, 0.5) is 5.69 Å². The van der Waals surface area contributed by atoms with Crippen molar-refractivity contribution < 1.29 is 4.74 Å². The third-order valence-corrected chi connectivity index (χ3v) is 3.07. The van der Waals surface area contributed by atoms with Crippen molar-refractivity contribution in [3.8, 4) is 5.75 Å². The number of benzene rings is 1. The van der Waals surface area contributed by atoms with E-state index in [-0.39, 0.29) is 0 Å². The normalized spacial score (nSPS) is 10.3. The highest BCUT2D eigenvalue weighted by molar-refractivity contribution is 7.09. The lowest BCUT2D eigenvalue weighted by molar-refractivity contribution is 0.307. The smallest absolute Gasteiger partial charge is 0.142 e. The summed E-state index contributed by atoms with van der Waals surface area (Å²) in [4.78, 5) is 4.15. The van der Waals surface area contributed by atoms with Crippen LogP contribution in [0.15, 0.2) is 29.8 Å². The van der Waals surface area contributed by atoms with E-state index in [4.69, 9.17) is 10.5 Å². The van der Waals surface area contributed by atoms with Gasteiger partial charge in [0.25, 0.3) is 0 Å². The minimum absolute atomic E-state index is 0.480. The molecule has 3 nitrogen and oxygen atoms in total. The molecular formula is C12H14N2OS. The van der Waals surface area contributed by atoms with Crippen molar-refractivity contribution >= 4 is 17.0 Å². The van der Waals surface area contributed by atoms with Crippen molar-refractivity contribution in [2.75, 3.05) is 5.73 Å². The van der Waals surface area contributed by atoms with Gasteiger partial charge in [-0.2, -0.15) is 0 Å². The van der Waals surface area contributed by atoms with E-state index in [9.17, 15) is 0 Å². The summed E-state index contributed by atoms with van der Waals surface area (Å²) in [5.74, 6) is 0.729. The third-order valence-electron chi connectivity index (χ3n) is 2.32. The molecule has 0 unspecified atom stereocenters. The summed E-state index contributed by atoms with van der Waals surface area (Å²) < 4.78 is 5.60. The van der Waals surface area contributed by atoms with E-state index in [1.807, 2.05) is 23.6 Å². The van der Waals surface area contributed by atoms with Gasteiger partial charge in [-0.3, -0.25) is 0 Å². The number of thiazole rings is 1. The molecule has 0 aliphatic heterocycles. The molecule has 0 saturated carbocycles. The molecule has 0 aliphatic carbocycles. The highest BCUT2D eigenvalue weighted by Gasteiger charge is 2.02. The first-order valence-corrected chi connectivity index (χ1v) is 6.07. The summed E-state index contributed by atoms with van der Waals surface area (Å²) in [6.45, 7) is 2.58. The van der Waals surface area contributed by atoms with Gasteiger partial charge in [0.15, 0.2) is 0 Å². The molecule has 0 bridgehead atoms. The van der Waals surface area contributed by atoms with E-state index < -0.39 is 0 Å². The molecule has 1 aromatic heterocycles. The zero-order chi connectivity index (χ0) is 11.4. The first-order valence-electron chi connectivity index (χ1n) is 5.19. The number of ether oxygens (including phenoxy) is 1. The van der Waals surface area contributed by atoms with E-state index >= 15 is 0 Å². The van der Waals surface area contributed by atoms with Crippen LogP contribution < -0.4 is 10.5 Å². The summed E-state index contributed by atoms with van der Waals surface area (Å²) in [5, 5.41) is 2.89. The predicted molar refractivity (Wildman–Crippen MR) is 66.7 cm³/mol. The Labute approximate surface area is 98.9 Å². The maximum Gasteiger partial charge on any atom is 0.142 e. The molecule has 1 heterocycles. The number of aromatic nitrogens is 1. The highest BCUT2D eigenvalue weighted by Crippen LogP contribution is 2.24. The van der Waals surface area contributed by atoms with Gasteiger partial charge in [-0.25, -0.2) is 4.98 Å². The van der Waals surface area contributed by atoms with Crippen LogP contribution in [-0.2, 0) is 13.0 Å². The molecule has 0 fully saturated rings. The minimum atomic E-state index is 0.480. The fraction of sp³-hybridized carbons (Fsp3) is 0.250. The van der Waals surface area contributed by atoms with E-state index in [2.05, 4.69) is 11.9 Å². The van der Waals surface area contributed by atoms with Gasteiger partial charge in [0.2, 0.25) is 0 Å². The van der Waals surface area contributed by atoms with Crippen LogP contribution >= 0.6 is 11.3 Å². The molecule has 2 N–H and O–H groups in total. The van der Waals surface area contributed by atoms with Gasteiger partial charge in [-0.1, -0.05) is 13.0 Å². The van der Waals surface area contributed by atoms with Crippen molar-refractivity contribution in [3.05, 3.63) is 40.3 Å². The second-order valence-electron chi connectivity index (χ2n) is 3.44. The van der Waals surface area contributed by atoms with Crippen molar-refractivity contribution in [3.63, 3.8) is 0 Å². The van der Waals surface area contributed by atoms with Crippen LogP contribution in [-0.4, -0.2) is 4.98 Å². The van der Waals surface area contributed by atoms with E-state index in [1.165, 1.54) is 5.56 Å². The van der Waals surface area contributed by atoms with Gasteiger partial charge < -0.3 is 10.5 Å². The summed E-state index contributed by atoms with van der Waals surface area (Å²) in [6.07, 6.45) is 2.75. The molecule has 2 rings (SSSR count). The van der Waals surface area contributed by atoms with Crippen molar-refractivity contribution in [2.45, 2.75) is 20.0 Å². The second kappa shape index (κ2) is 4.99. The summed E-state index contributed by atoms with van der Waals surface area (Å²) in [6, 6.07) is 5.91. The van der Waals surface area contributed by atoms with E-state index in [1.54, 1.807) is 17.5 Å². The van der Waals surface area contributed by atoms with Crippen LogP contribution in [0.1, 0.15) is 17.5 Å². The molecule has 84 valence electrons. The maximum atomic E-state index is 5.89. The molecule has 16 heavy (non-hydrogen) atoms. The number of rotatable bonds is 4. The van der Waals surface area contributed by atoms with Crippen LogP contribution in [0.5, 0.6) is 5.75 Å². The summed E-state index contributed by atoms with van der Waals surface area (Å²) in [7, 11) is 0. The Kier molecular flexibility index (Phi) is 3.41. The largest absolute Gasteiger partial charge is 0.484 e. The highest BCUT2D eigenvalue weighted by atomic mass is 32.1. The van der Waals surface area contributed by atoms with Crippen molar-refractivity contribution in [1.82, 2.24) is 4.98 Å². The van der Waals surface area contributed by atoms with E-state index in [0.29, 0.717) is 12.3 Å². The Morgan fingerprint density at radius 1 is 1.44 bits per heavy atom. The van der Waals surface area contributed by atoms with Crippen LogP contribution in [0.3, 0.4) is 0 Å². The molecule has 0 amide bonds. The Morgan fingerprint density at radius 3 is 2.94 bits per heavy atom. The number of anilines is 1. The number of aryl methyl sites for hydroxylation is 1. The Hall–Kier alpha value is -1.55. The quantitative estimate of drug-likeness (QED) is 0.827. The number of nitrogen functional groups attached to an aromatic ring is 1. The first-order chi connectivity index (χ1) is 7.79. The predicted octanol–water partition coefficient (Wildman–Crippen LogP) is 2.87. The van der Waals surface area contributed by atoms with E-state index in [0.717, 1.165) is 17.2 Å². The van der Waals surface area contributed by atoms with Crippen molar-refractivity contribution in [2.24, 2.45) is 0 Å². The van der Waals surface area contributed by atoms with Gasteiger partial charge in [0.05, 0.1) is 5.69 Å². The average molecular weight is 234 g/mol. The minimum Gasteiger partial charge on any atom is -0.484 e. The Morgan fingerprint density at radius 2 is 2.31 bits per heavy atom. The Balaban J connectivity index is 2.04.